The average Bonchev–Trinajstić information content (AvgIpc) is 3.38. The van der Waals surface area contributed by atoms with E-state index in [0.717, 1.165) is 30.8 Å². The van der Waals surface area contributed by atoms with Crippen molar-refractivity contribution in [1.82, 2.24) is 14.8 Å². The van der Waals surface area contributed by atoms with Crippen LogP contribution in [0.2, 0.25) is 5.15 Å². The van der Waals surface area contributed by atoms with E-state index in [1.54, 1.807) is 18.3 Å². The van der Waals surface area contributed by atoms with E-state index in [2.05, 4.69) is 36.7 Å². The SMILES string of the molecule is Cc1c(OCCCO)ccc([C@H](C)N2C[C@H]3C[C@@H]2CN3C(=O)c2ccc(Cl)nc2)c1C. The van der Waals surface area contributed by atoms with E-state index in [9.17, 15) is 4.79 Å². The minimum absolute atomic E-state index is 0.0420. The number of hydrogen-bond donors (Lipinski definition) is 1. The first-order valence-corrected chi connectivity index (χ1v) is 11.3. The third kappa shape index (κ3) is 4.29. The van der Waals surface area contributed by atoms with E-state index in [4.69, 9.17) is 21.4 Å². The summed E-state index contributed by atoms with van der Waals surface area (Å²) in [4.78, 5) is 21.5. The number of amides is 1. The van der Waals surface area contributed by atoms with Crippen LogP contribution in [-0.4, -0.2) is 64.2 Å². The number of aliphatic hydroxyl groups excluding tert-OH is 1. The van der Waals surface area contributed by atoms with Gasteiger partial charge >= 0.3 is 0 Å². The molecule has 0 spiro atoms. The Morgan fingerprint density at radius 2 is 2.03 bits per heavy atom. The summed E-state index contributed by atoms with van der Waals surface area (Å²) < 4.78 is 5.83. The number of ether oxygens (including phenoxy) is 1. The van der Waals surface area contributed by atoms with E-state index in [1.807, 2.05) is 11.0 Å². The Labute approximate surface area is 188 Å². The summed E-state index contributed by atoms with van der Waals surface area (Å²) >= 11 is 5.86. The molecular weight excluding hydrogens is 414 g/mol. The predicted molar refractivity (Wildman–Crippen MR) is 121 cm³/mol. The van der Waals surface area contributed by atoms with Crippen LogP contribution < -0.4 is 4.74 Å². The number of carbonyl (C=O) groups excluding carboxylic acids is 1. The predicted octanol–water partition coefficient (Wildman–Crippen LogP) is 3.77. The standard InChI is InChI=1S/C24H30ClN3O3/c1-15-16(2)22(31-10-4-9-29)7-6-21(15)17(3)27-13-20-11-19(27)14-28(20)24(30)18-5-8-23(25)26-12-18/h5-8,12,17,19-20,29H,4,9-11,13-14H2,1-3H3/t17-,19+,20+/m0/s1. The van der Waals surface area contributed by atoms with Crippen LogP contribution in [0.1, 0.15) is 52.9 Å². The number of piperazine rings is 1. The molecule has 1 N–H and O–H groups in total. The number of carbonyl (C=O) groups is 1. The molecule has 4 rings (SSSR count). The van der Waals surface area contributed by atoms with Crippen LogP contribution in [0, 0.1) is 13.8 Å². The number of hydrogen-bond acceptors (Lipinski definition) is 5. The highest BCUT2D eigenvalue weighted by atomic mass is 35.5. The van der Waals surface area contributed by atoms with E-state index in [-0.39, 0.29) is 24.6 Å². The van der Waals surface area contributed by atoms with Gasteiger partial charge < -0.3 is 14.7 Å². The second-order valence-electron chi connectivity index (χ2n) is 8.57. The summed E-state index contributed by atoms with van der Waals surface area (Å²) in [5.74, 6) is 0.929. The highest BCUT2D eigenvalue weighted by Crippen LogP contribution is 2.39. The maximum Gasteiger partial charge on any atom is 0.255 e. The van der Waals surface area contributed by atoms with Crippen LogP contribution in [0.3, 0.4) is 0 Å². The molecule has 2 bridgehead atoms. The Kier molecular flexibility index (Phi) is 6.51. The molecule has 7 heteroatoms. The lowest BCUT2D eigenvalue weighted by molar-refractivity contribution is 0.0568. The molecule has 6 nitrogen and oxygen atoms in total. The third-order valence-electron chi connectivity index (χ3n) is 6.81. The molecule has 3 atom stereocenters. The number of fused-ring (bicyclic) bond motifs is 2. The maximum atomic E-state index is 12.9. The number of halogens is 1. The zero-order valence-electron chi connectivity index (χ0n) is 18.3. The van der Waals surface area contributed by atoms with E-state index in [0.29, 0.717) is 29.8 Å². The lowest BCUT2D eigenvalue weighted by atomic mass is 9.96. The van der Waals surface area contributed by atoms with E-state index in [1.165, 1.54) is 11.1 Å². The van der Waals surface area contributed by atoms with Crippen molar-refractivity contribution in [3.63, 3.8) is 0 Å². The maximum absolute atomic E-state index is 12.9. The zero-order chi connectivity index (χ0) is 22.1. The van der Waals surface area contributed by atoms with Crippen molar-refractivity contribution in [1.29, 1.82) is 0 Å². The summed E-state index contributed by atoms with van der Waals surface area (Å²) in [6.07, 6.45) is 3.21. The summed E-state index contributed by atoms with van der Waals surface area (Å²) in [5, 5.41) is 9.37. The molecule has 1 aromatic carbocycles. The van der Waals surface area contributed by atoms with Gasteiger partial charge in [-0.1, -0.05) is 17.7 Å². The number of benzene rings is 1. The third-order valence-corrected chi connectivity index (χ3v) is 7.03. The Bertz CT molecular complexity index is 950. The van der Waals surface area contributed by atoms with Crippen LogP contribution in [0.25, 0.3) is 0 Å². The molecular formula is C24H30ClN3O3. The lowest BCUT2D eigenvalue weighted by Crippen LogP contribution is -2.49. The van der Waals surface area contributed by atoms with Gasteiger partial charge in [0.05, 0.1) is 12.2 Å². The molecule has 2 aliphatic heterocycles. The van der Waals surface area contributed by atoms with Gasteiger partial charge in [-0.15, -0.1) is 0 Å². The van der Waals surface area contributed by atoms with Crippen LogP contribution >= 0.6 is 11.6 Å². The lowest BCUT2D eigenvalue weighted by Gasteiger charge is -2.38. The first-order chi connectivity index (χ1) is 14.9. The second-order valence-corrected chi connectivity index (χ2v) is 8.96. The number of aliphatic hydroxyl groups is 1. The highest BCUT2D eigenvalue weighted by Gasteiger charge is 2.47. The van der Waals surface area contributed by atoms with E-state index < -0.39 is 0 Å². The van der Waals surface area contributed by atoms with Gasteiger partial charge in [-0.3, -0.25) is 9.69 Å². The minimum atomic E-state index is 0.0420. The van der Waals surface area contributed by atoms with Gasteiger partial charge in [0.15, 0.2) is 0 Å². The normalized spacial score (nSPS) is 21.5. The molecule has 166 valence electrons. The van der Waals surface area contributed by atoms with Gasteiger partial charge in [-0.25, -0.2) is 4.98 Å². The monoisotopic (exact) mass is 443 g/mol. The summed E-state index contributed by atoms with van der Waals surface area (Å²) in [6, 6.07) is 8.50. The topological polar surface area (TPSA) is 65.9 Å². The Hall–Kier alpha value is -2.15. The molecule has 0 saturated carbocycles. The fourth-order valence-corrected chi connectivity index (χ4v) is 5.05. The molecule has 0 aliphatic carbocycles. The summed E-state index contributed by atoms with van der Waals surface area (Å²) in [7, 11) is 0. The Morgan fingerprint density at radius 3 is 2.68 bits per heavy atom. The largest absolute Gasteiger partial charge is 0.493 e. The second kappa shape index (κ2) is 9.15. The number of aromatic nitrogens is 1. The van der Waals surface area contributed by atoms with Gasteiger partial charge in [0, 0.05) is 50.4 Å². The number of pyridine rings is 1. The minimum Gasteiger partial charge on any atom is -0.493 e. The van der Waals surface area contributed by atoms with Gasteiger partial charge in [0.25, 0.3) is 5.91 Å². The number of rotatable bonds is 7. The van der Waals surface area contributed by atoms with Gasteiger partial charge in [0.1, 0.15) is 10.9 Å². The number of nitrogens with zero attached hydrogens (tertiary/aromatic N) is 3. The Morgan fingerprint density at radius 1 is 1.23 bits per heavy atom. The molecule has 0 unspecified atom stereocenters. The van der Waals surface area contributed by atoms with Gasteiger partial charge in [-0.05, 0) is 62.1 Å². The van der Waals surface area contributed by atoms with E-state index >= 15 is 0 Å². The Balaban J connectivity index is 1.44. The fourth-order valence-electron chi connectivity index (χ4n) is 4.94. The first kappa shape index (κ1) is 22.1. The molecule has 2 fully saturated rings. The van der Waals surface area contributed by atoms with Crippen molar-refractivity contribution < 1.29 is 14.6 Å². The molecule has 2 aromatic rings. The smallest absolute Gasteiger partial charge is 0.255 e. The molecule has 31 heavy (non-hydrogen) atoms. The van der Waals surface area contributed by atoms with Crippen LogP contribution in [0.5, 0.6) is 5.75 Å². The van der Waals surface area contributed by atoms with Gasteiger partial charge in [-0.2, -0.15) is 0 Å². The highest BCUT2D eigenvalue weighted by molar-refractivity contribution is 6.29. The van der Waals surface area contributed by atoms with Crippen molar-refractivity contribution in [3.8, 4) is 5.75 Å². The average molecular weight is 444 g/mol. The summed E-state index contributed by atoms with van der Waals surface area (Å²) in [6.45, 7) is 8.79. The summed E-state index contributed by atoms with van der Waals surface area (Å²) in [5.41, 5.74) is 4.30. The van der Waals surface area contributed by atoms with Crippen LogP contribution in [0.15, 0.2) is 30.5 Å². The van der Waals surface area contributed by atoms with Crippen molar-refractivity contribution in [3.05, 3.63) is 57.9 Å². The van der Waals surface area contributed by atoms with Crippen molar-refractivity contribution >= 4 is 17.5 Å². The molecule has 3 heterocycles. The molecule has 1 amide bonds. The van der Waals surface area contributed by atoms with Crippen LogP contribution in [0.4, 0.5) is 0 Å². The molecule has 2 aliphatic rings. The fraction of sp³-hybridized carbons (Fsp3) is 0.500. The molecule has 1 aromatic heterocycles. The van der Waals surface area contributed by atoms with Crippen molar-refractivity contribution in [2.45, 2.75) is 51.7 Å². The van der Waals surface area contributed by atoms with Crippen LogP contribution in [-0.2, 0) is 0 Å². The van der Waals surface area contributed by atoms with Gasteiger partial charge in [0.2, 0.25) is 0 Å². The van der Waals surface area contributed by atoms with Crippen molar-refractivity contribution in [2.24, 2.45) is 0 Å². The number of likely N-dealkylation sites (tertiary alicyclic amines) is 2. The molecule has 0 radical (unpaired) electrons. The quantitative estimate of drug-likeness (QED) is 0.521. The zero-order valence-corrected chi connectivity index (χ0v) is 19.1. The molecule has 2 saturated heterocycles. The first-order valence-electron chi connectivity index (χ1n) is 10.9. The van der Waals surface area contributed by atoms with Crippen molar-refractivity contribution in [2.75, 3.05) is 26.3 Å².